The highest BCUT2D eigenvalue weighted by Crippen LogP contribution is 2.31. The third-order valence-electron chi connectivity index (χ3n) is 3.33. The Hall–Kier alpha value is -2.34. The smallest absolute Gasteiger partial charge is 0.352 e. The summed E-state index contributed by atoms with van der Waals surface area (Å²) >= 11 is 0. The van der Waals surface area contributed by atoms with E-state index in [0.29, 0.717) is 12.1 Å². The summed E-state index contributed by atoms with van der Waals surface area (Å²) in [5.74, 6) is -0.132. The Morgan fingerprint density at radius 1 is 1.04 bits per heavy atom. The highest BCUT2D eigenvalue weighted by molar-refractivity contribution is 5.76. The van der Waals surface area contributed by atoms with Gasteiger partial charge in [0.15, 0.2) is 0 Å². The molecule has 0 aromatic heterocycles. The fraction of sp³-hybridized carbons (Fsp3) is 0.235. The molecule has 0 aliphatic heterocycles. The lowest BCUT2D eigenvalue weighted by Crippen LogP contribution is -2.24. The highest BCUT2D eigenvalue weighted by Gasteiger charge is 2.29. The van der Waals surface area contributed by atoms with Gasteiger partial charge in [0.1, 0.15) is 0 Å². The third kappa shape index (κ3) is 4.82. The lowest BCUT2D eigenvalue weighted by atomic mass is 10.0. The zero-order chi connectivity index (χ0) is 16.9. The number of amides is 1. The van der Waals surface area contributed by atoms with Gasteiger partial charge in [0, 0.05) is 19.5 Å². The number of benzene rings is 2. The van der Waals surface area contributed by atoms with E-state index >= 15 is 0 Å². The van der Waals surface area contributed by atoms with Gasteiger partial charge >= 0.3 is 6.18 Å². The Kier molecular flexibility index (Phi) is 5.39. The third-order valence-corrected chi connectivity index (χ3v) is 3.33. The number of hydrogen-bond acceptors (Lipinski definition) is 2. The molecule has 0 fully saturated rings. The second-order valence-corrected chi connectivity index (χ2v) is 5.09. The van der Waals surface area contributed by atoms with Crippen LogP contribution in [0.1, 0.15) is 17.5 Å². The van der Waals surface area contributed by atoms with Crippen molar-refractivity contribution in [1.82, 2.24) is 5.32 Å². The normalized spacial score (nSPS) is 11.3. The zero-order valence-electron chi connectivity index (χ0n) is 12.4. The molecule has 0 bridgehead atoms. The largest absolute Gasteiger partial charge is 0.416 e. The number of hydrogen-bond donors (Lipinski definition) is 2. The molecule has 0 spiro atoms. The van der Waals surface area contributed by atoms with Gasteiger partial charge in [-0.05, 0) is 34.9 Å². The molecule has 2 rings (SSSR count). The van der Waals surface area contributed by atoms with Gasteiger partial charge in [-0.2, -0.15) is 13.2 Å². The number of halogens is 3. The minimum atomic E-state index is -4.34. The average Bonchev–Trinajstić information content (AvgIpc) is 2.53. The molecule has 0 aliphatic rings. The fourth-order valence-electron chi connectivity index (χ4n) is 2.13. The van der Waals surface area contributed by atoms with E-state index < -0.39 is 11.7 Å². The van der Waals surface area contributed by atoms with E-state index in [0.717, 1.165) is 23.3 Å². The van der Waals surface area contributed by atoms with Gasteiger partial charge in [0.2, 0.25) is 5.91 Å². The van der Waals surface area contributed by atoms with Crippen molar-refractivity contribution in [3.8, 4) is 11.1 Å². The summed E-state index contributed by atoms with van der Waals surface area (Å²) in [6.45, 7) is 0.644. The first kappa shape index (κ1) is 17.0. The van der Waals surface area contributed by atoms with E-state index in [9.17, 15) is 18.0 Å². The van der Waals surface area contributed by atoms with Crippen LogP contribution in [0.3, 0.4) is 0 Å². The second-order valence-electron chi connectivity index (χ2n) is 5.09. The Bertz CT molecular complexity index is 666. The zero-order valence-corrected chi connectivity index (χ0v) is 12.4. The summed E-state index contributed by atoms with van der Waals surface area (Å²) in [6.07, 6.45) is -4.08. The Morgan fingerprint density at radius 3 is 2.35 bits per heavy atom. The van der Waals surface area contributed by atoms with Crippen LogP contribution >= 0.6 is 0 Å². The second kappa shape index (κ2) is 7.28. The topological polar surface area (TPSA) is 55.1 Å². The predicted octanol–water partition coefficient (Wildman–Crippen LogP) is 3.34. The monoisotopic (exact) mass is 322 g/mol. The van der Waals surface area contributed by atoms with Gasteiger partial charge in [-0.25, -0.2) is 0 Å². The molecular weight excluding hydrogens is 305 g/mol. The molecule has 23 heavy (non-hydrogen) atoms. The fourth-order valence-corrected chi connectivity index (χ4v) is 2.13. The van der Waals surface area contributed by atoms with E-state index in [2.05, 4.69) is 5.32 Å². The molecule has 0 atom stereocenters. The van der Waals surface area contributed by atoms with Gasteiger partial charge in [-0.3, -0.25) is 4.79 Å². The molecule has 0 aliphatic carbocycles. The van der Waals surface area contributed by atoms with Crippen LogP contribution in [-0.2, 0) is 17.5 Å². The Balaban J connectivity index is 2.11. The molecule has 2 aromatic carbocycles. The van der Waals surface area contributed by atoms with Crippen LogP contribution in [0.5, 0.6) is 0 Å². The van der Waals surface area contributed by atoms with Crippen molar-refractivity contribution in [2.45, 2.75) is 19.1 Å². The molecule has 6 heteroatoms. The molecule has 0 unspecified atom stereocenters. The van der Waals surface area contributed by atoms with Crippen LogP contribution in [0.15, 0.2) is 48.5 Å². The van der Waals surface area contributed by atoms with Crippen molar-refractivity contribution in [2.24, 2.45) is 5.73 Å². The van der Waals surface area contributed by atoms with E-state index in [4.69, 9.17) is 5.73 Å². The molecule has 0 heterocycles. The van der Waals surface area contributed by atoms with E-state index in [1.165, 1.54) is 12.1 Å². The summed E-state index contributed by atoms with van der Waals surface area (Å²) in [7, 11) is 0. The summed E-state index contributed by atoms with van der Waals surface area (Å²) in [5, 5.41) is 2.74. The maximum absolute atomic E-state index is 12.6. The number of rotatable bonds is 5. The minimum absolute atomic E-state index is 0.132. The standard InChI is InChI=1S/C17H17F3N2O/c18-17(19,20)15-6-4-13(5-7-15)14-3-1-2-12(10-14)11-22-16(23)8-9-21/h1-7,10H,8-9,11,21H2,(H,22,23). The maximum atomic E-state index is 12.6. The Morgan fingerprint density at radius 2 is 1.74 bits per heavy atom. The van der Waals surface area contributed by atoms with Gasteiger partial charge in [0.25, 0.3) is 0 Å². The van der Waals surface area contributed by atoms with Crippen molar-refractivity contribution in [3.63, 3.8) is 0 Å². The van der Waals surface area contributed by atoms with Crippen LogP contribution in [0, 0.1) is 0 Å². The molecule has 0 radical (unpaired) electrons. The number of carbonyl (C=O) groups excluding carboxylic acids is 1. The first-order chi connectivity index (χ1) is 10.9. The predicted molar refractivity (Wildman–Crippen MR) is 82.4 cm³/mol. The molecule has 0 saturated carbocycles. The van der Waals surface area contributed by atoms with Crippen molar-refractivity contribution >= 4 is 5.91 Å². The quantitative estimate of drug-likeness (QED) is 0.887. The number of carbonyl (C=O) groups is 1. The molecule has 0 saturated heterocycles. The number of nitrogens with one attached hydrogen (secondary N) is 1. The minimum Gasteiger partial charge on any atom is -0.352 e. The maximum Gasteiger partial charge on any atom is 0.416 e. The molecule has 122 valence electrons. The van der Waals surface area contributed by atoms with Crippen molar-refractivity contribution in [2.75, 3.05) is 6.54 Å². The van der Waals surface area contributed by atoms with E-state index in [-0.39, 0.29) is 18.9 Å². The first-order valence-corrected chi connectivity index (χ1v) is 7.13. The Labute approximate surface area is 132 Å². The van der Waals surface area contributed by atoms with Gasteiger partial charge in [-0.1, -0.05) is 30.3 Å². The van der Waals surface area contributed by atoms with Gasteiger partial charge in [-0.15, -0.1) is 0 Å². The molecule has 1 amide bonds. The van der Waals surface area contributed by atoms with Crippen LogP contribution in [-0.4, -0.2) is 12.5 Å². The summed E-state index contributed by atoms with van der Waals surface area (Å²) in [4.78, 5) is 11.4. The lowest BCUT2D eigenvalue weighted by Gasteiger charge is -2.09. The van der Waals surface area contributed by atoms with Crippen molar-refractivity contribution in [3.05, 3.63) is 59.7 Å². The highest BCUT2D eigenvalue weighted by atomic mass is 19.4. The van der Waals surface area contributed by atoms with E-state index in [1.54, 1.807) is 6.07 Å². The van der Waals surface area contributed by atoms with E-state index in [1.807, 2.05) is 18.2 Å². The number of alkyl halides is 3. The van der Waals surface area contributed by atoms with Crippen molar-refractivity contribution in [1.29, 1.82) is 0 Å². The number of nitrogens with two attached hydrogens (primary N) is 1. The van der Waals surface area contributed by atoms with Crippen LogP contribution in [0.2, 0.25) is 0 Å². The van der Waals surface area contributed by atoms with Crippen LogP contribution in [0.25, 0.3) is 11.1 Å². The lowest BCUT2D eigenvalue weighted by molar-refractivity contribution is -0.137. The molecule has 2 aromatic rings. The van der Waals surface area contributed by atoms with Crippen LogP contribution in [0.4, 0.5) is 13.2 Å². The molecule has 3 nitrogen and oxygen atoms in total. The first-order valence-electron chi connectivity index (χ1n) is 7.13. The van der Waals surface area contributed by atoms with Crippen molar-refractivity contribution < 1.29 is 18.0 Å². The summed E-state index contributed by atoms with van der Waals surface area (Å²) in [5.41, 5.74) is 6.98. The molecule has 3 N–H and O–H groups in total. The summed E-state index contributed by atoms with van der Waals surface area (Å²) in [6, 6.07) is 12.3. The molecular formula is C17H17F3N2O. The van der Waals surface area contributed by atoms with Gasteiger partial charge in [0.05, 0.1) is 5.56 Å². The summed E-state index contributed by atoms with van der Waals surface area (Å²) < 4.78 is 37.7. The average molecular weight is 322 g/mol. The van der Waals surface area contributed by atoms with Gasteiger partial charge < -0.3 is 11.1 Å². The van der Waals surface area contributed by atoms with Crippen LogP contribution < -0.4 is 11.1 Å². The SMILES string of the molecule is NCCC(=O)NCc1cccc(-c2ccc(C(F)(F)F)cc2)c1.